The Hall–Kier alpha value is -1.85. The van der Waals surface area contributed by atoms with Crippen LogP contribution in [0.5, 0.6) is 0 Å². The summed E-state index contributed by atoms with van der Waals surface area (Å²) >= 11 is 1.74. The maximum Gasteiger partial charge on any atom is 0.191 e. The molecule has 124 valence electrons. The Balaban J connectivity index is 1.99. The first kappa shape index (κ1) is 17.5. The Bertz CT molecular complexity index is 578. The molecular formula is C18H26N4S. The van der Waals surface area contributed by atoms with Crippen LogP contribution in [-0.4, -0.2) is 38.0 Å². The van der Waals surface area contributed by atoms with E-state index in [1.165, 1.54) is 10.4 Å². The van der Waals surface area contributed by atoms with E-state index in [1.54, 1.807) is 11.3 Å². The molecule has 1 aromatic carbocycles. The van der Waals surface area contributed by atoms with Crippen LogP contribution in [0.15, 0.2) is 52.8 Å². The normalized spacial score (nSPS) is 13.1. The maximum absolute atomic E-state index is 4.67. The van der Waals surface area contributed by atoms with Crippen molar-refractivity contribution < 1.29 is 0 Å². The number of nitrogens with one attached hydrogen (secondary N) is 2. The van der Waals surface area contributed by atoms with E-state index in [0.29, 0.717) is 12.6 Å². The Labute approximate surface area is 143 Å². The van der Waals surface area contributed by atoms with Gasteiger partial charge in [0.15, 0.2) is 5.96 Å². The highest BCUT2D eigenvalue weighted by Crippen LogP contribution is 2.16. The lowest BCUT2D eigenvalue weighted by Gasteiger charge is -2.26. The molecule has 1 unspecified atom stereocenters. The third-order valence-corrected chi connectivity index (χ3v) is 4.45. The highest BCUT2D eigenvalue weighted by atomic mass is 32.1. The summed E-state index contributed by atoms with van der Waals surface area (Å²) in [5, 5.41) is 8.87. The van der Waals surface area contributed by atoms with Crippen molar-refractivity contribution in [3.63, 3.8) is 0 Å². The molecular weight excluding hydrogens is 304 g/mol. The van der Waals surface area contributed by atoms with Crippen molar-refractivity contribution in [2.45, 2.75) is 19.5 Å². The molecule has 5 heteroatoms. The number of rotatable bonds is 7. The molecule has 1 aromatic heterocycles. The zero-order valence-electron chi connectivity index (χ0n) is 14.1. The summed E-state index contributed by atoms with van der Waals surface area (Å²) in [4.78, 5) is 8.17. The molecule has 0 fully saturated rings. The van der Waals surface area contributed by atoms with E-state index < -0.39 is 0 Å². The molecule has 2 rings (SSSR count). The highest BCUT2D eigenvalue weighted by molar-refractivity contribution is 7.09. The summed E-state index contributed by atoms with van der Waals surface area (Å²) in [5.41, 5.74) is 1.30. The van der Waals surface area contributed by atoms with Crippen molar-refractivity contribution in [1.82, 2.24) is 15.5 Å². The van der Waals surface area contributed by atoms with Gasteiger partial charge in [-0.1, -0.05) is 36.4 Å². The molecule has 0 saturated carbocycles. The Morgan fingerprint density at radius 1 is 1.13 bits per heavy atom. The smallest absolute Gasteiger partial charge is 0.191 e. The lowest BCUT2D eigenvalue weighted by atomic mass is 10.1. The number of benzene rings is 1. The fourth-order valence-corrected chi connectivity index (χ4v) is 3.00. The molecule has 0 saturated heterocycles. The molecule has 0 aliphatic heterocycles. The van der Waals surface area contributed by atoms with Crippen molar-refractivity contribution in [2.24, 2.45) is 4.99 Å². The summed E-state index contributed by atoms with van der Waals surface area (Å²) in [6.45, 7) is 4.47. The average molecular weight is 331 g/mol. The fraction of sp³-hybridized carbons (Fsp3) is 0.389. The van der Waals surface area contributed by atoms with Crippen LogP contribution < -0.4 is 10.6 Å². The summed E-state index contributed by atoms with van der Waals surface area (Å²) in [6, 6.07) is 15.0. The number of likely N-dealkylation sites (N-methyl/N-ethyl adjacent to an activating group) is 1. The Kier molecular flexibility index (Phi) is 7.10. The van der Waals surface area contributed by atoms with Gasteiger partial charge in [0.1, 0.15) is 0 Å². The predicted molar refractivity (Wildman–Crippen MR) is 100 cm³/mol. The number of guanidine groups is 1. The molecule has 0 amide bonds. The first-order valence-electron chi connectivity index (χ1n) is 7.96. The molecule has 2 N–H and O–H groups in total. The second-order valence-electron chi connectivity index (χ2n) is 5.55. The van der Waals surface area contributed by atoms with Gasteiger partial charge in [0.05, 0.1) is 12.6 Å². The van der Waals surface area contributed by atoms with Gasteiger partial charge in [-0.15, -0.1) is 11.3 Å². The minimum absolute atomic E-state index is 0.307. The van der Waals surface area contributed by atoms with Gasteiger partial charge < -0.3 is 15.5 Å². The van der Waals surface area contributed by atoms with Crippen molar-refractivity contribution in [3.05, 3.63) is 58.3 Å². The SMILES string of the molecule is CCNC(=NCc1cccs1)NCC(c1ccccc1)N(C)C. The summed E-state index contributed by atoms with van der Waals surface area (Å²) < 4.78 is 0. The maximum atomic E-state index is 4.67. The number of nitrogens with zero attached hydrogens (tertiary/aromatic N) is 2. The second kappa shape index (κ2) is 9.33. The molecule has 0 radical (unpaired) electrons. The van der Waals surface area contributed by atoms with Crippen LogP contribution in [0.2, 0.25) is 0 Å². The molecule has 4 nitrogen and oxygen atoms in total. The highest BCUT2D eigenvalue weighted by Gasteiger charge is 2.14. The number of hydrogen-bond acceptors (Lipinski definition) is 3. The first-order chi connectivity index (χ1) is 11.2. The van der Waals surface area contributed by atoms with E-state index in [4.69, 9.17) is 0 Å². The van der Waals surface area contributed by atoms with E-state index in [2.05, 4.69) is 89.4 Å². The van der Waals surface area contributed by atoms with Crippen LogP contribution in [0.4, 0.5) is 0 Å². The van der Waals surface area contributed by atoms with Crippen LogP contribution in [-0.2, 0) is 6.54 Å². The third kappa shape index (κ3) is 5.69. The lowest BCUT2D eigenvalue weighted by molar-refractivity contribution is 0.298. The first-order valence-corrected chi connectivity index (χ1v) is 8.84. The lowest BCUT2D eigenvalue weighted by Crippen LogP contribution is -2.41. The molecule has 0 spiro atoms. The van der Waals surface area contributed by atoms with Crippen molar-refractivity contribution in [2.75, 3.05) is 27.2 Å². The van der Waals surface area contributed by atoms with Crippen LogP contribution in [0.3, 0.4) is 0 Å². The third-order valence-electron chi connectivity index (χ3n) is 3.59. The van der Waals surface area contributed by atoms with Gasteiger partial charge in [0.2, 0.25) is 0 Å². The number of aliphatic imine (C=N–C) groups is 1. The van der Waals surface area contributed by atoms with Crippen LogP contribution in [0.1, 0.15) is 23.4 Å². The molecule has 0 aliphatic rings. The number of hydrogen-bond donors (Lipinski definition) is 2. The van der Waals surface area contributed by atoms with Gasteiger partial charge in [0, 0.05) is 18.0 Å². The van der Waals surface area contributed by atoms with Gasteiger partial charge in [-0.05, 0) is 38.0 Å². The van der Waals surface area contributed by atoms with E-state index in [9.17, 15) is 0 Å². The van der Waals surface area contributed by atoms with E-state index >= 15 is 0 Å². The van der Waals surface area contributed by atoms with Gasteiger partial charge in [0.25, 0.3) is 0 Å². The van der Waals surface area contributed by atoms with Gasteiger partial charge in [-0.25, -0.2) is 4.99 Å². The van der Waals surface area contributed by atoms with Crippen LogP contribution >= 0.6 is 11.3 Å². The average Bonchev–Trinajstić information content (AvgIpc) is 3.07. The molecule has 0 aliphatic carbocycles. The quantitative estimate of drug-likeness (QED) is 0.605. The van der Waals surface area contributed by atoms with Gasteiger partial charge in [-0.2, -0.15) is 0 Å². The predicted octanol–water partition coefficient (Wildman–Crippen LogP) is 3.11. The zero-order valence-corrected chi connectivity index (χ0v) is 14.9. The molecule has 0 bridgehead atoms. The van der Waals surface area contributed by atoms with Gasteiger partial charge >= 0.3 is 0 Å². The van der Waals surface area contributed by atoms with Crippen LogP contribution in [0.25, 0.3) is 0 Å². The fourth-order valence-electron chi connectivity index (χ4n) is 2.37. The second-order valence-corrected chi connectivity index (χ2v) is 6.58. The Morgan fingerprint density at radius 2 is 1.91 bits per heavy atom. The Morgan fingerprint density at radius 3 is 2.52 bits per heavy atom. The molecule has 2 aromatic rings. The minimum Gasteiger partial charge on any atom is -0.357 e. The van der Waals surface area contributed by atoms with Crippen LogP contribution in [0, 0.1) is 0 Å². The standard InChI is InChI=1S/C18H26N4S/c1-4-19-18(20-13-16-11-8-12-23-16)21-14-17(22(2)3)15-9-6-5-7-10-15/h5-12,17H,4,13-14H2,1-3H3,(H2,19,20,21). The minimum atomic E-state index is 0.307. The molecule has 23 heavy (non-hydrogen) atoms. The van der Waals surface area contributed by atoms with Crippen molar-refractivity contribution in [3.8, 4) is 0 Å². The molecule has 1 heterocycles. The molecule has 1 atom stereocenters. The summed E-state index contributed by atoms with van der Waals surface area (Å²) in [5.74, 6) is 0.865. The summed E-state index contributed by atoms with van der Waals surface area (Å²) in [7, 11) is 4.21. The van der Waals surface area contributed by atoms with E-state index in [1.807, 2.05) is 0 Å². The summed E-state index contributed by atoms with van der Waals surface area (Å²) in [6.07, 6.45) is 0. The largest absolute Gasteiger partial charge is 0.357 e. The monoisotopic (exact) mass is 330 g/mol. The zero-order chi connectivity index (χ0) is 16.5. The van der Waals surface area contributed by atoms with Crippen molar-refractivity contribution in [1.29, 1.82) is 0 Å². The number of thiophene rings is 1. The van der Waals surface area contributed by atoms with Gasteiger partial charge in [-0.3, -0.25) is 0 Å². The van der Waals surface area contributed by atoms with Crippen molar-refractivity contribution >= 4 is 17.3 Å². The topological polar surface area (TPSA) is 39.7 Å². The van der Waals surface area contributed by atoms with E-state index in [-0.39, 0.29) is 0 Å². The van der Waals surface area contributed by atoms with E-state index in [0.717, 1.165) is 19.0 Å².